The number of imidazole rings is 1. The van der Waals surface area contributed by atoms with Crippen LogP contribution in [0.4, 0.5) is 14.7 Å². The molecule has 0 radical (unpaired) electrons. The van der Waals surface area contributed by atoms with Crippen molar-refractivity contribution in [2.45, 2.75) is 26.8 Å². The molecule has 0 amide bonds. The van der Waals surface area contributed by atoms with Crippen LogP contribution in [0.5, 0.6) is 0 Å². The lowest BCUT2D eigenvalue weighted by atomic mass is 9.89. The minimum absolute atomic E-state index is 0.119. The summed E-state index contributed by atoms with van der Waals surface area (Å²) in [5.74, 6) is -1.61. The molecular formula is C14H19F2N3O. The van der Waals surface area contributed by atoms with Crippen LogP contribution in [0.3, 0.4) is 0 Å². The highest BCUT2D eigenvalue weighted by atomic mass is 19.2. The molecule has 2 rings (SSSR count). The van der Waals surface area contributed by atoms with E-state index in [-0.39, 0.29) is 16.9 Å². The number of hydrogen-bond donors (Lipinski definition) is 1. The van der Waals surface area contributed by atoms with E-state index in [1.807, 2.05) is 13.8 Å². The quantitative estimate of drug-likeness (QED) is 0.918. The SMILES string of the molecule is COCCC(C)(C)Cn1c(N)nc2ccc(F)c(F)c21. The summed E-state index contributed by atoms with van der Waals surface area (Å²) in [6.07, 6.45) is 0.777. The summed E-state index contributed by atoms with van der Waals surface area (Å²) in [5.41, 5.74) is 6.15. The Morgan fingerprint density at radius 3 is 2.70 bits per heavy atom. The van der Waals surface area contributed by atoms with E-state index in [1.165, 1.54) is 10.6 Å². The Labute approximate surface area is 116 Å². The Balaban J connectivity index is 2.44. The molecule has 1 aromatic heterocycles. The van der Waals surface area contributed by atoms with Crippen molar-refractivity contribution >= 4 is 17.0 Å². The highest BCUT2D eigenvalue weighted by molar-refractivity contribution is 5.79. The van der Waals surface area contributed by atoms with Crippen molar-refractivity contribution in [2.75, 3.05) is 19.5 Å². The normalized spacial score (nSPS) is 12.2. The van der Waals surface area contributed by atoms with Crippen molar-refractivity contribution in [1.82, 2.24) is 9.55 Å². The second-order valence-electron chi connectivity index (χ2n) is 5.69. The van der Waals surface area contributed by atoms with Gasteiger partial charge in [0, 0.05) is 20.3 Å². The van der Waals surface area contributed by atoms with E-state index in [0.29, 0.717) is 18.7 Å². The molecule has 6 heteroatoms. The van der Waals surface area contributed by atoms with Gasteiger partial charge >= 0.3 is 0 Å². The molecule has 0 saturated carbocycles. The van der Waals surface area contributed by atoms with Crippen molar-refractivity contribution < 1.29 is 13.5 Å². The van der Waals surface area contributed by atoms with Crippen LogP contribution in [-0.4, -0.2) is 23.3 Å². The Hall–Kier alpha value is -1.69. The predicted molar refractivity (Wildman–Crippen MR) is 74.3 cm³/mol. The number of nitrogen functional groups attached to an aromatic ring is 1. The number of hydrogen-bond acceptors (Lipinski definition) is 3. The second-order valence-corrected chi connectivity index (χ2v) is 5.69. The minimum atomic E-state index is -0.908. The van der Waals surface area contributed by atoms with Crippen molar-refractivity contribution in [1.29, 1.82) is 0 Å². The maximum absolute atomic E-state index is 14.0. The number of nitrogens with two attached hydrogens (primary N) is 1. The van der Waals surface area contributed by atoms with Gasteiger partial charge in [-0.3, -0.25) is 0 Å². The smallest absolute Gasteiger partial charge is 0.201 e. The van der Waals surface area contributed by atoms with Gasteiger partial charge in [-0.15, -0.1) is 0 Å². The fourth-order valence-corrected chi connectivity index (χ4v) is 2.22. The number of nitrogens with zero attached hydrogens (tertiary/aromatic N) is 2. The molecular weight excluding hydrogens is 264 g/mol. The maximum atomic E-state index is 14.0. The number of halogens is 2. The second kappa shape index (κ2) is 5.36. The number of rotatable bonds is 5. The van der Waals surface area contributed by atoms with E-state index >= 15 is 0 Å². The topological polar surface area (TPSA) is 53.1 Å². The molecule has 20 heavy (non-hydrogen) atoms. The Morgan fingerprint density at radius 2 is 2.05 bits per heavy atom. The molecule has 0 spiro atoms. The van der Waals surface area contributed by atoms with Gasteiger partial charge in [-0.25, -0.2) is 13.8 Å². The van der Waals surface area contributed by atoms with Crippen LogP contribution >= 0.6 is 0 Å². The molecule has 0 atom stereocenters. The molecule has 2 aromatic rings. The van der Waals surface area contributed by atoms with E-state index in [9.17, 15) is 8.78 Å². The van der Waals surface area contributed by atoms with E-state index in [4.69, 9.17) is 10.5 Å². The van der Waals surface area contributed by atoms with E-state index in [0.717, 1.165) is 12.5 Å². The van der Waals surface area contributed by atoms with Gasteiger partial charge in [0.1, 0.15) is 5.52 Å². The van der Waals surface area contributed by atoms with Gasteiger partial charge in [0.05, 0.1) is 5.52 Å². The molecule has 0 aliphatic rings. The summed E-state index contributed by atoms with van der Waals surface area (Å²) in [7, 11) is 1.63. The summed E-state index contributed by atoms with van der Waals surface area (Å²) in [4.78, 5) is 4.08. The third-order valence-corrected chi connectivity index (χ3v) is 3.40. The van der Waals surface area contributed by atoms with E-state index < -0.39 is 11.6 Å². The molecule has 0 unspecified atom stereocenters. The largest absolute Gasteiger partial charge is 0.385 e. The zero-order valence-electron chi connectivity index (χ0n) is 11.9. The number of anilines is 1. The molecule has 0 aliphatic carbocycles. The highest BCUT2D eigenvalue weighted by Crippen LogP contribution is 2.29. The standard InChI is InChI=1S/C14H19F2N3O/c1-14(2,6-7-20-3)8-19-12-10(18-13(19)17)5-4-9(15)11(12)16/h4-5H,6-8H2,1-3H3,(H2,17,18). The van der Waals surface area contributed by atoms with Crippen LogP contribution in [0.1, 0.15) is 20.3 Å². The molecule has 0 aliphatic heterocycles. The summed E-state index contributed by atoms with van der Waals surface area (Å²) in [6.45, 7) is 5.08. The van der Waals surface area contributed by atoms with Crippen LogP contribution < -0.4 is 5.73 Å². The fraction of sp³-hybridized carbons (Fsp3) is 0.500. The molecule has 1 heterocycles. The zero-order valence-corrected chi connectivity index (χ0v) is 11.9. The van der Waals surface area contributed by atoms with E-state index in [2.05, 4.69) is 4.98 Å². The first-order chi connectivity index (χ1) is 9.35. The first kappa shape index (κ1) is 14.7. The maximum Gasteiger partial charge on any atom is 0.201 e. The van der Waals surface area contributed by atoms with Gasteiger partial charge in [-0.05, 0) is 24.0 Å². The van der Waals surface area contributed by atoms with Gasteiger partial charge in [-0.1, -0.05) is 13.8 Å². The average molecular weight is 283 g/mol. The predicted octanol–water partition coefficient (Wildman–Crippen LogP) is 2.96. The van der Waals surface area contributed by atoms with Crippen molar-refractivity contribution in [3.05, 3.63) is 23.8 Å². The first-order valence-corrected chi connectivity index (χ1v) is 6.44. The summed E-state index contributed by atoms with van der Waals surface area (Å²) in [6, 6.07) is 2.49. The van der Waals surface area contributed by atoms with Crippen LogP contribution in [0, 0.1) is 17.0 Å². The molecule has 0 fully saturated rings. The molecule has 0 saturated heterocycles. The van der Waals surface area contributed by atoms with Crippen LogP contribution in [0.2, 0.25) is 0 Å². The van der Waals surface area contributed by atoms with Crippen molar-refractivity contribution in [3.63, 3.8) is 0 Å². The monoisotopic (exact) mass is 283 g/mol. The van der Waals surface area contributed by atoms with Crippen LogP contribution in [-0.2, 0) is 11.3 Å². The lowest BCUT2D eigenvalue weighted by molar-refractivity contribution is 0.143. The Kier molecular flexibility index (Phi) is 3.94. The first-order valence-electron chi connectivity index (χ1n) is 6.44. The number of benzene rings is 1. The molecule has 2 N–H and O–H groups in total. The van der Waals surface area contributed by atoms with Gasteiger partial charge in [0.25, 0.3) is 0 Å². The lowest BCUT2D eigenvalue weighted by Crippen LogP contribution is -2.22. The summed E-state index contributed by atoms with van der Waals surface area (Å²) in [5, 5.41) is 0. The molecule has 4 nitrogen and oxygen atoms in total. The minimum Gasteiger partial charge on any atom is -0.385 e. The third kappa shape index (κ3) is 2.75. The summed E-state index contributed by atoms with van der Waals surface area (Å²) >= 11 is 0. The summed E-state index contributed by atoms with van der Waals surface area (Å²) < 4.78 is 34.0. The third-order valence-electron chi connectivity index (χ3n) is 3.40. The van der Waals surface area contributed by atoms with Gasteiger partial charge in [0.15, 0.2) is 11.6 Å². The van der Waals surface area contributed by atoms with Crippen LogP contribution in [0.15, 0.2) is 12.1 Å². The molecule has 1 aromatic carbocycles. The number of ether oxygens (including phenoxy) is 1. The van der Waals surface area contributed by atoms with Gasteiger partial charge in [0.2, 0.25) is 5.95 Å². The molecule has 110 valence electrons. The molecule has 0 bridgehead atoms. The van der Waals surface area contributed by atoms with Gasteiger partial charge < -0.3 is 15.0 Å². The number of methoxy groups -OCH3 is 1. The van der Waals surface area contributed by atoms with E-state index in [1.54, 1.807) is 7.11 Å². The Bertz CT molecular complexity index is 622. The van der Waals surface area contributed by atoms with Crippen LogP contribution in [0.25, 0.3) is 11.0 Å². The lowest BCUT2D eigenvalue weighted by Gasteiger charge is -2.25. The number of fused-ring (bicyclic) bond motifs is 1. The van der Waals surface area contributed by atoms with Crippen molar-refractivity contribution in [3.8, 4) is 0 Å². The average Bonchev–Trinajstić information content (AvgIpc) is 2.69. The Morgan fingerprint density at radius 1 is 1.35 bits per heavy atom. The number of aromatic nitrogens is 2. The fourth-order valence-electron chi connectivity index (χ4n) is 2.22. The van der Waals surface area contributed by atoms with Gasteiger partial charge in [-0.2, -0.15) is 0 Å². The zero-order chi connectivity index (χ0) is 14.9. The highest BCUT2D eigenvalue weighted by Gasteiger charge is 2.23. The van der Waals surface area contributed by atoms with Crippen molar-refractivity contribution in [2.24, 2.45) is 5.41 Å².